The van der Waals surface area contributed by atoms with E-state index in [2.05, 4.69) is 30.9 Å². The molecule has 0 bridgehead atoms. The topological polar surface area (TPSA) is 43.4 Å². The molecule has 140 valence electrons. The molecule has 4 heteroatoms. The van der Waals surface area contributed by atoms with Gasteiger partial charge in [-0.1, -0.05) is 13.0 Å². The SMILES string of the molecule is COc1ccc2c(c1)CC[C@@H]1[C@@H]2CC[C@]2(C)C(=C=CS(C)(=O)=O)CC[C@@H]12. The molecule has 1 aromatic rings. The molecule has 0 spiro atoms. The monoisotopic (exact) mass is 372 g/mol. The summed E-state index contributed by atoms with van der Waals surface area (Å²) in [5.74, 6) is 2.94. The highest BCUT2D eigenvalue weighted by atomic mass is 32.2. The van der Waals surface area contributed by atoms with Gasteiger partial charge >= 0.3 is 0 Å². The Hall–Kier alpha value is -1.51. The number of benzene rings is 1. The van der Waals surface area contributed by atoms with Gasteiger partial charge < -0.3 is 4.74 Å². The van der Waals surface area contributed by atoms with Crippen LogP contribution >= 0.6 is 0 Å². The van der Waals surface area contributed by atoms with Crippen molar-refractivity contribution in [2.45, 2.75) is 51.4 Å². The molecular formula is C22H28O3S. The summed E-state index contributed by atoms with van der Waals surface area (Å²) < 4.78 is 28.5. The highest BCUT2D eigenvalue weighted by molar-refractivity contribution is 7.93. The lowest BCUT2D eigenvalue weighted by atomic mass is 9.55. The van der Waals surface area contributed by atoms with E-state index in [9.17, 15) is 8.42 Å². The number of methoxy groups -OCH3 is 1. The van der Waals surface area contributed by atoms with Gasteiger partial charge in [-0.2, -0.15) is 0 Å². The van der Waals surface area contributed by atoms with Gasteiger partial charge in [0.1, 0.15) is 5.75 Å². The molecule has 0 N–H and O–H groups in total. The van der Waals surface area contributed by atoms with Crippen molar-refractivity contribution in [3.63, 3.8) is 0 Å². The molecule has 3 aliphatic rings. The first-order valence-corrected chi connectivity index (χ1v) is 11.6. The van der Waals surface area contributed by atoms with Gasteiger partial charge in [0.25, 0.3) is 0 Å². The fraction of sp³-hybridized carbons (Fsp3) is 0.591. The lowest BCUT2D eigenvalue weighted by Crippen LogP contribution is -2.40. The summed E-state index contributed by atoms with van der Waals surface area (Å²) in [4.78, 5) is 0. The van der Waals surface area contributed by atoms with Crippen LogP contribution in [0.5, 0.6) is 5.75 Å². The molecule has 0 unspecified atom stereocenters. The highest BCUT2D eigenvalue weighted by Crippen LogP contribution is 2.62. The van der Waals surface area contributed by atoms with Gasteiger partial charge in [0.2, 0.25) is 0 Å². The lowest BCUT2D eigenvalue weighted by Gasteiger charge is -2.49. The fourth-order valence-electron chi connectivity index (χ4n) is 5.91. The first-order chi connectivity index (χ1) is 12.3. The average molecular weight is 373 g/mol. The summed E-state index contributed by atoms with van der Waals surface area (Å²) >= 11 is 0. The minimum atomic E-state index is -3.11. The number of rotatable bonds is 2. The molecule has 0 radical (unpaired) electrons. The Morgan fingerprint density at radius 2 is 2.04 bits per heavy atom. The summed E-state index contributed by atoms with van der Waals surface area (Å²) in [5.41, 5.74) is 7.50. The third-order valence-electron chi connectivity index (χ3n) is 7.17. The number of hydrogen-bond donors (Lipinski definition) is 0. The molecule has 3 aliphatic carbocycles. The van der Waals surface area contributed by atoms with E-state index in [-0.39, 0.29) is 5.41 Å². The summed E-state index contributed by atoms with van der Waals surface area (Å²) in [5, 5.41) is 1.28. The Kier molecular flexibility index (Phi) is 4.32. The fourth-order valence-corrected chi connectivity index (χ4v) is 6.27. The van der Waals surface area contributed by atoms with E-state index in [1.54, 1.807) is 7.11 Å². The van der Waals surface area contributed by atoms with Crippen molar-refractivity contribution in [3.05, 3.63) is 46.0 Å². The Bertz CT molecular complexity index is 892. The van der Waals surface area contributed by atoms with Crippen molar-refractivity contribution >= 4 is 9.84 Å². The van der Waals surface area contributed by atoms with Crippen LogP contribution < -0.4 is 4.74 Å². The maximum atomic E-state index is 11.5. The zero-order valence-corrected chi connectivity index (χ0v) is 16.7. The van der Waals surface area contributed by atoms with Crippen LogP contribution in [0, 0.1) is 17.3 Å². The van der Waals surface area contributed by atoms with E-state index in [0.717, 1.165) is 25.0 Å². The molecule has 0 amide bonds. The third-order valence-corrected chi connectivity index (χ3v) is 7.71. The largest absolute Gasteiger partial charge is 0.497 e. The number of fused-ring (bicyclic) bond motifs is 5. The Labute approximate surface area is 157 Å². The predicted octanol–water partition coefficient (Wildman–Crippen LogP) is 4.63. The van der Waals surface area contributed by atoms with Crippen LogP contribution in [0.3, 0.4) is 0 Å². The molecule has 0 aliphatic heterocycles. The lowest BCUT2D eigenvalue weighted by molar-refractivity contribution is 0.0815. The van der Waals surface area contributed by atoms with Gasteiger partial charge in [-0.15, -0.1) is 5.73 Å². The molecule has 3 nitrogen and oxygen atoms in total. The van der Waals surface area contributed by atoms with Crippen molar-refractivity contribution in [2.75, 3.05) is 13.4 Å². The second-order valence-corrected chi connectivity index (χ2v) is 10.4. The quantitative estimate of drug-likeness (QED) is 0.711. The molecule has 4 atom stereocenters. The summed E-state index contributed by atoms with van der Waals surface area (Å²) in [6.45, 7) is 2.35. The van der Waals surface area contributed by atoms with Gasteiger partial charge in [-0.25, -0.2) is 8.42 Å². The molecular weight excluding hydrogens is 344 g/mol. The van der Waals surface area contributed by atoms with E-state index < -0.39 is 9.84 Å². The third kappa shape index (κ3) is 2.93. The van der Waals surface area contributed by atoms with E-state index in [1.165, 1.54) is 47.6 Å². The van der Waals surface area contributed by atoms with Crippen LogP contribution in [0.15, 0.2) is 34.9 Å². The predicted molar refractivity (Wildman–Crippen MR) is 104 cm³/mol. The van der Waals surface area contributed by atoms with Gasteiger partial charge in [0.15, 0.2) is 9.84 Å². The van der Waals surface area contributed by atoms with E-state index in [0.29, 0.717) is 17.8 Å². The van der Waals surface area contributed by atoms with E-state index in [1.807, 2.05) is 0 Å². The first kappa shape index (κ1) is 17.9. The number of aryl methyl sites for hydroxylation is 1. The Morgan fingerprint density at radius 3 is 2.77 bits per heavy atom. The number of ether oxygens (including phenoxy) is 1. The molecule has 0 saturated heterocycles. The zero-order valence-electron chi connectivity index (χ0n) is 15.9. The molecule has 1 aromatic carbocycles. The van der Waals surface area contributed by atoms with Gasteiger partial charge in [-0.05, 0) is 90.5 Å². The normalized spacial score (nSPS) is 32.9. The Balaban J connectivity index is 1.67. The van der Waals surface area contributed by atoms with E-state index in [4.69, 9.17) is 4.74 Å². The van der Waals surface area contributed by atoms with Gasteiger partial charge in [-0.3, -0.25) is 0 Å². The number of hydrogen-bond acceptors (Lipinski definition) is 3. The minimum absolute atomic E-state index is 0.117. The molecule has 0 aromatic heterocycles. The standard InChI is InChI=1S/C22H28O3S/c1-22-12-10-19-18-8-6-17(25-2)14-15(18)4-7-20(19)21(22)9-5-16(22)11-13-26(3,23)24/h6,8,13-14,19-21H,4-5,7,9-10,12H2,1-3H3/t11?,19-,20-,21+,22-/m1/s1. The van der Waals surface area contributed by atoms with Crippen molar-refractivity contribution in [1.29, 1.82) is 0 Å². The van der Waals surface area contributed by atoms with Gasteiger partial charge in [0, 0.05) is 6.26 Å². The second kappa shape index (κ2) is 6.28. The minimum Gasteiger partial charge on any atom is -0.497 e. The number of sulfone groups is 1. The molecule has 4 rings (SSSR count). The van der Waals surface area contributed by atoms with Crippen molar-refractivity contribution in [1.82, 2.24) is 0 Å². The van der Waals surface area contributed by atoms with Crippen LogP contribution in [0.4, 0.5) is 0 Å². The second-order valence-electron chi connectivity index (χ2n) is 8.55. The number of allylic oxidation sites excluding steroid dienone is 1. The van der Waals surface area contributed by atoms with E-state index >= 15 is 0 Å². The summed E-state index contributed by atoms with van der Waals surface area (Å²) in [6.07, 6.45) is 8.07. The maximum absolute atomic E-state index is 11.5. The molecule has 2 saturated carbocycles. The Morgan fingerprint density at radius 1 is 1.23 bits per heavy atom. The van der Waals surface area contributed by atoms with Crippen molar-refractivity contribution in [2.24, 2.45) is 17.3 Å². The van der Waals surface area contributed by atoms with Crippen LogP contribution in [-0.4, -0.2) is 21.8 Å². The smallest absolute Gasteiger partial charge is 0.175 e. The summed E-state index contributed by atoms with van der Waals surface area (Å²) in [7, 11) is -1.38. The summed E-state index contributed by atoms with van der Waals surface area (Å²) in [6, 6.07) is 6.60. The molecule has 2 fully saturated rings. The van der Waals surface area contributed by atoms with Crippen molar-refractivity contribution < 1.29 is 13.2 Å². The van der Waals surface area contributed by atoms with Crippen molar-refractivity contribution in [3.8, 4) is 5.75 Å². The van der Waals surface area contributed by atoms with Crippen LogP contribution in [0.2, 0.25) is 0 Å². The van der Waals surface area contributed by atoms with Crippen LogP contribution in [-0.2, 0) is 16.3 Å². The maximum Gasteiger partial charge on any atom is 0.175 e. The molecule has 0 heterocycles. The van der Waals surface area contributed by atoms with Crippen LogP contribution in [0.25, 0.3) is 0 Å². The highest BCUT2D eigenvalue weighted by Gasteiger charge is 2.52. The molecule has 26 heavy (non-hydrogen) atoms. The first-order valence-electron chi connectivity index (χ1n) is 9.65. The van der Waals surface area contributed by atoms with Gasteiger partial charge in [0.05, 0.1) is 12.5 Å². The van der Waals surface area contributed by atoms with Crippen LogP contribution in [0.1, 0.15) is 56.1 Å². The average Bonchev–Trinajstić information content (AvgIpc) is 2.95. The zero-order chi connectivity index (χ0) is 18.5.